The molecular formula is C21H22ClN3O6. The number of nitro groups is 1. The van der Waals surface area contributed by atoms with Gasteiger partial charge in [-0.05, 0) is 37.1 Å². The number of nitro benzene ring substituents is 1. The molecule has 0 saturated heterocycles. The standard InChI is InChI=1S/C21H22ClN3O6/c1-12(2)19(24-20(27)14-6-4-5-13(3)9-14)21(28)31-11-18(26)23-16-8-7-15(22)10-17(16)25(29)30/h4-10,12,19H,11H2,1-3H3,(H,23,26)(H,24,27)/t19-/m0/s1. The first kappa shape index (κ1) is 23.8. The number of carbonyl (C=O) groups excluding carboxylic acids is 3. The summed E-state index contributed by atoms with van der Waals surface area (Å²) in [4.78, 5) is 47.4. The molecule has 0 heterocycles. The molecule has 0 spiro atoms. The van der Waals surface area contributed by atoms with Gasteiger partial charge in [-0.25, -0.2) is 4.79 Å². The van der Waals surface area contributed by atoms with Crippen molar-refractivity contribution in [3.05, 3.63) is 68.7 Å². The summed E-state index contributed by atoms with van der Waals surface area (Å²) in [6.45, 7) is 4.61. The van der Waals surface area contributed by atoms with E-state index in [-0.39, 0.29) is 16.6 Å². The van der Waals surface area contributed by atoms with Crippen molar-refractivity contribution in [3.8, 4) is 0 Å². The fraction of sp³-hybridized carbons (Fsp3) is 0.286. The van der Waals surface area contributed by atoms with Crippen molar-refractivity contribution in [2.45, 2.75) is 26.8 Å². The van der Waals surface area contributed by atoms with Gasteiger partial charge in [0.15, 0.2) is 6.61 Å². The summed E-state index contributed by atoms with van der Waals surface area (Å²) in [6, 6.07) is 9.65. The molecule has 9 nitrogen and oxygen atoms in total. The first-order valence-electron chi connectivity index (χ1n) is 9.36. The maximum atomic E-state index is 12.5. The summed E-state index contributed by atoms with van der Waals surface area (Å²) in [7, 11) is 0. The maximum Gasteiger partial charge on any atom is 0.329 e. The van der Waals surface area contributed by atoms with Gasteiger partial charge in [0.1, 0.15) is 11.7 Å². The van der Waals surface area contributed by atoms with E-state index in [1.807, 2.05) is 13.0 Å². The normalized spacial score (nSPS) is 11.5. The Morgan fingerprint density at radius 3 is 2.48 bits per heavy atom. The van der Waals surface area contributed by atoms with Crippen LogP contribution in [0, 0.1) is 23.0 Å². The number of nitrogens with one attached hydrogen (secondary N) is 2. The Balaban J connectivity index is 1.99. The van der Waals surface area contributed by atoms with Crippen molar-refractivity contribution in [2.24, 2.45) is 5.92 Å². The number of benzene rings is 2. The minimum atomic E-state index is -0.981. The van der Waals surface area contributed by atoms with Crippen molar-refractivity contribution in [2.75, 3.05) is 11.9 Å². The van der Waals surface area contributed by atoms with Gasteiger partial charge in [0.25, 0.3) is 17.5 Å². The van der Waals surface area contributed by atoms with Crippen molar-refractivity contribution in [3.63, 3.8) is 0 Å². The highest BCUT2D eigenvalue weighted by atomic mass is 35.5. The smallest absolute Gasteiger partial charge is 0.329 e. The van der Waals surface area contributed by atoms with Gasteiger partial charge < -0.3 is 15.4 Å². The number of rotatable bonds is 8. The van der Waals surface area contributed by atoms with Gasteiger partial charge in [-0.2, -0.15) is 0 Å². The first-order chi connectivity index (χ1) is 14.6. The molecule has 0 fully saturated rings. The number of anilines is 1. The maximum absolute atomic E-state index is 12.5. The average molecular weight is 448 g/mol. The minimum absolute atomic E-state index is 0.0800. The Bertz CT molecular complexity index is 1010. The highest BCUT2D eigenvalue weighted by Gasteiger charge is 2.27. The van der Waals surface area contributed by atoms with Crippen molar-refractivity contribution in [1.82, 2.24) is 5.32 Å². The second kappa shape index (κ2) is 10.5. The zero-order valence-corrected chi connectivity index (χ0v) is 17.9. The molecule has 31 heavy (non-hydrogen) atoms. The van der Waals surface area contributed by atoms with Crippen LogP contribution in [-0.2, 0) is 14.3 Å². The van der Waals surface area contributed by atoms with Crippen molar-refractivity contribution < 1.29 is 24.0 Å². The van der Waals surface area contributed by atoms with Crippen LogP contribution in [0.25, 0.3) is 0 Å². The molecule has 0 aliphatic heterocycles. The van der Waals surface area contributed by atoms with E-state index in [0.29, 0.717) is 5.56 Å². The fourth-order valence-electron chi connectivity index (χ4n) is 2.68. The van der Waals surface area contributed by atoms with Crippen molar-refractivity contribution >= 4 is 40.8 Å². The van der Waals surface area contributed by atoms with Crippen LogP contribution in [0.1, 0.15) is 29.8 Å². The molecule has 164 valence electrons. The molecule has 2 aromatic carbocycles. The van der Waals surface area contributed by atoms with Gasteiger partial charge in [0, 0.05) is 16.7 Å². The summed E-state index contributed by atoms with van der Waals surface area (Å²) in [5, 5.41) is 16.2. The molecule has 0 aliphatic carbocycles. The lowest BCUT2D eigenvalue weighted by atomic mass is 10.0. The van der Waals surface area contributed by atoms with E-state index in [9.17, 15) is 24.5 Å². The predicted octanol–water partition coefficient (Wildman–Crippen LogP) is 3.49. The zero-order chi connectivity index (χ0) is 23.1. The number of esters is 1. The molecule has 1 atom stereocenters. The lowest BCUT2D eigenvalue weighted by Gasteiger charge is -2.21. The Labute approximate surface area is 183 Å². The molecule has 0 radical (unpaired) electrons. The monoisotopic (exact) mass is 447 g/mol. The topological polar surface area (TPSA) is 128 Å². The molecule has 0 saturated carbocycles. The molecule has 10 heteroatoms. The lowest BCUT2D eigenvalue weighted by molar-refractivity contribution is -0.383. The lowest BCUT2D eigenvalue weighted by Crippen LogP contribution is -2.46. The Morgan fingerprint density at radius 1 is 1.16 bits per heavy atom. The summed E-state index contributed by atoms with van der Waals surface area (Å²) in [5.74, 6) is -2.31. The van der Waals surface area contributed by atoms with E-state index >= 15 is 0 Å². The van der Waals surface area contributed by atoms with E-state index in [0.717, 1.165) is 11.6 Å². The van der Waals surface area contributed by atoms with Crippen LogP contribution in [0.3, 0.4) is 0 Å². The van der Waals surface area contributed by atoms with Gasteiger partial charge in [0.05, 0.1) is 4.92 Å². The van der Waals surface area contributed by atoms with Gasteiger partial charge in [0.2, 0.25) is 0 Å². The Morgan fingerprint density at radius 2 is 1.87 bits per heavy atom. The van der Waals surface area contributed by atoms with Crippen LogP contribution in [0.15, 0.2) is 42.5 Å². The number of hydrogen-bond acceptors (Lipinski definition) is 6. The highest BCUT2D eigenvalue weighted by molar-refractivity contribution is 6.31. The molecule has 2 N–H and O–H groups in total. The Hall–Kier alpha value is -3.46. The van der Waals surface area contributed by atoms with E-state index in [4.69, 9.17) is 16.3 Å². The summed E-state index contributed by atoms with van der Waals surface area (Å²) in [5.41, 5.74) is 0.816. The van der Waals surface area contributed by atoms with Crippen LogP contribution in [0.2, 0.25) is 5.02 Å². The van der Waals surface area contributed by atoms with Crippen molar-refractivity contribution in [1.29, 1.82) is 0 Å². The first-order valence-corrected chi connectivity index (χ1v) is 9.74. The summed E-state index contributed by atoms with van der Waals surface area (Å²) >= 11 is 5.74. The molecule has 0 aliphatic rings. The highest BCUT2D eigenvalue weighted by Crippen LogP contribution is 2.27. The van der Waals surface area contributed by atoms with Crippen LogP contribution in [0.5, 0.6) is 0 Å². The third-order valence-corrected chi connectivity index (χ3v) is 4.50. The molecule has 2 rings (SSSR count). The molecule has 2 aromatic rings. The van der Waals surface area contributed by atoms with Gasteiger partial charge in [-0.1, -0.05) is 43.1 Å². The quantitative estimate of drug-likeness (QED) is 0.362. The zero-order valence-electron chi connectivity index (χ0n) is 17.2. The SMILES string of the molecule is Cc1cccc(C(=O)N[C@H](C(=O)OCC(=O)Nc2ccc(Cl)cc2[N+](=O)[O-])C(C)C)c1. The molecule has 0 bridgehead atoms. The van der Waals surface area contributed by atoms with Crippen LogP contribution < -0.4 is 10.6 Å². The van der Waals surface area contributed by atoms with E-state index in [1.165, 1.54) is 12.1 Å². The number of carbonyl (C=O) groups is 3. The summed E-state index contributed by atoms with van der Waals surface area (Å²) in [6.07, 6.45) is 0. The largest absolute Gasteiger partial charge is 0.454 e. The third kappa shape index (κ3) is 6.78. The minimum Gasteiger partial charge on any atom is -0.454 e. The van der Waals surface area contributed by atoms with E-state index < -0.39 is 41.0 Å². The second-order valence-electron chi connectivity index (χ2n) is 7.14. The number of halogens is 1. The third-order valence-electron chi connectivity index (χ3n) is 4.26. The number of nitrogens with zero attached hydrogens (tertiary/aromatic N) is 1. The van der Waals surface area contributed by atoms with E-state index in [2.05, 4.69) is 10.6 Å². The second-order valence-corrected chi connectivity index (χ2v) is 7.58. The van der Waals surface area contributed by atoms with Crippen LogP contribution in [-0.4, -0.2) is 35.4 Å². The predicted molar refractivity (Wildman–Crippen MR) is 115 cm³/mol. The number of hydrogen-bond donors (Lipinski definition) is 2. The van der Waals surface area contributed by atoms with Gasteiger partial charge in [-0.3, -0.25) is 19.7 Å². The Kier molecular flexibility index (Phi) is 8.09. The number of amides is 2. The number of ether oxygens (including phenoxy) is 1. The average Bonchev–Trinajstić information content (AvgIpc) is 2.71. The fourth-order valence-corrected chi connectivity index (χ4v) is 2.85. The molecule has 2 amide bonds. The molecular weight excluding hydrogens is 426 g/mol. The van der Waals surface area contributed by atoms with Crippen LogP contribution in [0.4, 0.5) is 11.4 Å². The molecule has 0 unspecified atom stereocenters. The van der Waals surface area contributed by atoms with Crippen LogP contribution >= 0.6 is 11.6 Å². The molecule has 0 aromatic heterocycles. The van der Waals surface area contributed by atoms with Gasteiger partial charge in [-0.15, -0.1) is 0 Å². The summed E-state index contributed by atoms with van der Waals surface area (Å²) < 4.78 is 5.02. The number of aryl methyl sites for hydroxylation is 1. The van der Waals surface area contributed by atoms with E-state index in [1.54, 1.807) is 32.0 Å². The van der Waals surface area contributed by atoms with Gasteiger partial charge >= 0.3 is 5.97 Å².